The molecule has 52 heavy (non-hydrogen) atoms. The molecule has 12 rings (SSSR count). The van der Waals surface area contributed by atoms with E-state index in [2.05, 4.69) is 72.8 Å². The Morgan fingerprint density at radius 2 is 0.654 bits per heavy atom. The Bertz CT molecular complexity index is 2670. The van der Waals surface area contributed by atoms with Gasteiger partial charge in [-0.25, -0.2) is 0 Å². The van der Waals surface area contributed by atoms with Crippen LogP contribution >= 0.6 is 16.5 Å². The van der Waals surface area contributed by atoms with Crippen LogP contribution in [0, 0.1) is 0 Å². The van der Waals surface area contributed by atoms with E-state index in [9.17, 15) is 0 Å². The minimum absolute atomic E-state index is 0.0197. The molecule has 3 aliphatic carbocycles. The third-order valence-corrected chi connectivity index (χ3v) is 12.3. The van der Waals surface area contributed by atoms with Gasteiger partial charge in [-0.15, -0.1) is 0 Å². The Kier molecular flexibility index (Phi) is 6.70. The first-order valence-corrected chi connectivity index (χ1v) is 19.4. The molecule has 3 aliphatic rings. The van der Waals surface area contributed by atoms with Crippen LogP contribution in [0.2, 0.25) is 0 Å². The summed E-state index contributed by atoms with van der Waals surface area (Å²) in [7, 11) is -3.70. The normalized spacial score (nSPS) is 15.3. The lowest BCUT2D eigenvalue weighted by molar-refractivity contribution is 0.484. The van der Waals surface area contributed by atoms with Crippen LogP contribution in [0.5, 0.6) is 11.5 Å². The predicted molar refractivity (Wildman–Crippen MR) is 206 cm³/mol. The van der Waals surface area contributed by atoms with E-state index >= 15 is 0 Å². The van der Waals surface area contributed by atoms with Crippen molar-refractivity contribution in [2.75, 3.05) is 0 Å². The summed E-state index contributed by atoms with van der Waals surface area (Å²) < 4.78 is 39.7. The van der Waals surface area contributed by atoms with E-state index in [-0.39, 0.29) is 11.8 Å². The van der Waals surface area contributed by atoms with Crippen molar-refractivity contribution >= 4 is 60.4 Å². The number of hydrogen-bond donors (Lipinski definition) is 0. The molecule has 0 atom stereocenters. The third kappa shape index (κ3) is 4.58. The van der Waals surface area contributed by atoms with Gasteiger partial charge < -0.3 is 25.8 Å². The molecule has 2 aromatic heterocycles. The van der Waals surface area contributed by atoms with Gasteiger partial charge in [0.2, 0.25) is 0 Å². The molecule has 0 aliphatic heterocycles. The maximum Gasteiger partial charge on any atom is 0.453 e. The smallest absolute Gasteiger partial charge is 0.390 e. The van der Waals surface area contributed by atoms with Crippen molar-refractivity contribution < 1.29 is 25.8 Å². The molecule has 2 heterocycles. The van der Waals surface area contributed by atoms with E-state index in [1.165, 1.54) is 22.3 Å². The van der Waals surface area contributed by atoms with E-state index in [1.807, 2.05) is 84.9 Å². The molecule has 2 bridgehead atoms. The molecule has 9 aromatic rings. The summed E-state index contributed by atoms with van der Waals surface area (Å²) in [6.07, 6.45) is 0. The largest absolute Gasteiger partial charge is 0.453 e. The van der Waals surface area contributed by atoms with E-state index in [0.717, 1.165) is 66.5 Å². The van der Waals surface area contributed by atoms with Gasteiger partial charge >= 0.3 is 16.5 Å². The van der Waals surface area contributed by atoms with Gasteiger partial charge in [-0.2, -0.15) is 0 Å². The highest BCUT2D eigenvalue weighted by atomic mass is 31.1. The van der Waals surface area contributed by atoms with Gasteiger partial charge in [-0.3, -0.25) is 0 Å². The minimum Gasteiger partial charge on any atom is -0.390 e. The van der Waals surface area contributed by atoms with E-state index in [1.54, 1.807) is 0 Å². The van der Waals surface area contributed by atoms with Crippen LogP contribution in [0.15, 0.2) is 175 Å². The van der Waals surface area contributed by atoms with Crippen molar-refractivity contribution in [1.82, 2.24) is 0 Å². The van der Waals surface area contributed by atoms with Crippen LogP contribution in [0.3, 0.4) is 0 Å². The Morgan fingerprint density at radius 3 is 1.06 bits per heavy atom. The first-order chi connectivity index (χ1) is 25.8. The lowest BCUT2D eigenvalue weighted by Gasteiger charge is -2.42. The lowest BCUT2D eigenvalue weighted by Crippen LogP contribution is -2.28. The van der Waals surface area contributed by atoms with Crippen molar-refractivity contribution in [3.8, 4) is 11.5 Å². The maximum absolute atomic E-state index is 6.85. The van der Waals surface area contributed by atoms with Crippen molar-refractivity contribution in [3.05, 3.63) is 191 Å². The maximum atomic E-state index is 6.85. The molecule has 6 nitrogen and oxygen atoms in total. The molecule has 0 unspecified atom stereocenters. The summed E-state index contributed by atoms with van der Waals surface area (Å²) in [6, 6.07) is 53.3. The first-order valence-electron chi connectivity index (χ1n) is 17.2. The zero-order chi connectivity index (χ0) is 34.2. The molecule has 7 aromatic carbocycles. The molecular formula is C44H28O6P2. The number of rotatable bonds is 4. The molecule has 0 spiro atoms. The second-order valence-electron chi connectivity index (χ2n) is 13.0. The van der Waals surface area contributed by atoms with Gasteiger partial charge in [0, 0.05) is 44.5 Å². The first kappa shape index (κ1) is 29.6. The summed E-state index contributed by atoms with van der Waals surface area (Å²) in [6.45, 7) is 0. The van der Waals surface area contributed by atoms with Crippen LogP contribution in [-0.2, 0) is 0 Å². The summed E-state index contributed by atoms with van der Waals surface area (Å²) in [5, 5.41) is 3.89. The molecule has 0 N–H and O–H groups in total. The van der Waals surface area contributed by atoms with Gasteiger partial charge in [-0.1, -0.05) is 121 Å². The number of para-hydroxylation sites is 4. The fraction of sp³-hybridized carbons (Fsp3) is 0.0455. The average molecular weight is 715 g/mol. The second kappa shape index (κ2) is 11.7. The SMILES string of the molecule is c1ccc2c(c1)C1c3cccc(Op4oc5ccccc5c5ccccc5o4)c3C2c2c(Op3oc4ccccc4c4ccccc4o3)cccc21. The molecule has 0 fully saturated rings. The Labute approximate surface area is 299 Å². The number of benzene rings is 7. The Morgan fingerprint density at radius 1 is 0.327 bits per heavy atom. The van der Waals surface area contributed by atoms with Crippen molar-refractivity contribution in [3.63, 3.8) is 0 Å². The highest BCUT2D eigenvalue weighted by molar-refractivity contribution is 7.32. The van der Waals surface area contributed by atoms with E-state index in [0.29, 0.717) is 0 Å². The zero-order valence-electron chi connectivity index (χ0n) is 27.5. The van der Waals surface area contributed by atoms with Gasteiger partial charge in [0.25, 0.3) is 0 Å². The monoisotopic (exact) mass is 714 g/mol. The van der Waals surface area contributed by atoms with E-state index < -0.39 is 16.5 Å². The average Bonchev–Trinajstić information content (AvgIpc) is 3.45. The van der Waals surface area contributed by atoms with Crippen LogP contribution in [-0.4, -0.2) is 0 Å². The topological polar surface area (TPSA) is 71.0 Å². The van der Waals surface area contributed by atoms with Gasteiger partial charge in [0.1, 0.15) is 33.8 Å². The predicted octanol–water partition coefficient (Wildman–Crippen LogP) is 13.6. The standard InChI is InChI=1S/C44H28O6P2/c1-2-18-32-31(17-1)41-33-19-11-25-39(49-51-45-35-21-7-3-13-27(35)28-14-4-8-22-36(28)46-51)42(33)44(32)43-34(41)20-12-26-40(43)50-52-47-37-23-9-5-15-29(37)30-16-6-10-24-38(30)48-52/h1-26,41,44H. The molecule has 0 saturated carbocycles. The van der Waals surface area contributed by atoms with Gasteiger partial charge in [0.05, 0.1) is 0 Å². The quantitative estimate of drug-likeness (QED) is 0.181. The van der Waals surface area contributed by atoms with Crippen LogP contribution in [0.4, 0.5) is 0 Å². The molecule has 250 valence electrons. The summed E-state index contributed by atoms with van der Waals surface area (Å²) in [4.78, 5) is 0. The zero-order valence-corrected chi connectivity index (χ0v) is 29.3. The Hall–Kier alpha value is -6.06. The number of hydrogen-bond acceptors (Lipinski definition) is 6. The van der Waals surface area contributed by atoms with Crippen LogP contribution in [0.1, 0.15) is 45.2 Å². The highest BCUT2D eigenvalue weighted by Gasteiger charge is 2.45. The molecule has 0 saturated heterocycles. The fourth-order valence-electron chi connectivity index (χ4n) is 8.07. The minimum atomic E-state index is -1.85. The summed E-state index contributed by atoms with van der Waals surface area (Å²) >= 11 is 0. The third-order valence-electron chi connectivity index (χ3n) is 10.2. The number of fused-ring (bicyclic) bond motifs is 6. The summed E-state index contributed by atoms with van der Waals surface area (Å²) in [5.41, 5.74) is 9.98. The lowest BCUT2D eigenvalue weighted by atomic mass is 9.61. The fourth-order valence-corrected chi connectivity index (χ4v) is 10.2. The molecular weight excluding hydrogens is 686 g/mol. The molecule has 0 radical (unpaired) electrons. The van der Waals surface area contributed by atoms with Crippen LogP contribution in [0.25, 0.3) is 43.9 Å². The van der Waals surface area contributed by atoms with E-state index in [4.69, 9.17) is 25.8 Å². The van der Waals surface area contributed by atoms with Crippen molar-refractivity contribution in [1.29, 1.82) is 0 Å². The summed E-state index contributed by atoms with van der Waals surface area (Å²) in [5.74, 6) is 1.25. The van der Waals surface area contributed by atoms with Crippen molar-refractivity contribution in [2.24, 2.45) is 0 Å². The second-order valence-corrected chi connectivity index (χ2v) is 15.0. The Balaban J connectivity index is 1.10. The van der Waals surface area contributed by atoms with Crippen molar-refractivity contribution in [2.45, 2.75) is 11.8 Å². The van der Waals surface area contributed by atoms with Gasteiger partial charge in [-0.05, 0) is 58.7 Å². The van der Waals surface area contributed by atoms with Gasteiger partial charge in [0.15, 0.2) is 0 Å². The van der Waals surface area contributed by atoms with Crippen LogP contribution < -0.4 is 9.05 Å². The highest BCUT2D eigenvalue weighted by Crippen LogP contribution is 2.61. The molecule has 0 amide bonds. The molecule has 8 heteroatoms.